The maximum Gasteiger partial charge on any atom is 0.325 e. The maximum atomic E-state index is 12.3. The van der Waals surface area contributed by atoms with Crippen molar-refractivity contribution in [2.45, 2.75) is 0 Å². The van der Waals surface area contributed by atoms with E-state index in [-0.39, 0.29) is 12.3 Å². The summed E-state index contributed by atoms with van der Waals surface area (Å²) in [6.07, 6.45) is 0. The number of nitrogens with one attached hydrogen (secondary N) is 2. The third kappa shape index (κ3) is 7.03. The van der Waals surface area contributed by atoms with Crippen LogP contribution in [0.5, 0.6) is 5.75 Å². The average molecular weight is 460 g/mol. The number of hydrogen-bond acceptors (Lipinski definition) is 6. The van der Waals surface area contributed by atoms with Crippen molar-refractivity contribution in [3.05, 3.63) is 90.0 Å². The summed E-state index contributed by atoms with van der Waals surface area (Å²) < 4.78 is 9.96. The summed E-state index contributed by atoms with van der Waals surface area (Å²) in [5.74, 6) is -1.52. The molecule has 0 aliphatic rings. The molecule has 0 heterocycles. The number of methoxy groups -OCH3 is 1. The van der Waals surface area contributed by atoms with Crippen molar-refractivity contribution in [2.24, 2.45) is 0 Å². The number of carbonyl (C=O) groups excluding carboxylic acids is 4. The highest BCUT2D eigenvalue weighted by Crippen LogP contribution is 2.19. The number of hydrogen-bond donors (Lipinski definition) is 2. The number of amides is 2. The average Bonchev–Trinajstić information content (AvgIpc) is 2.89. The summed E-state index contributed by atoms with van der Waals surface area (Å²) in [6, 6.07) is 23.1. The van der Waals surface area contributed by atoms with Gasteiger partial charge in [-0.25, -0.2) is 0 Å². The van der Waals surface area contributed by atoms with Crippen LogP contribution in [0.4, 0.5) is 0 Å². The summed E-state index contributed by atoms with van der Waals surface area (Å²) in [4.78, 5) is 48.0. The van der Waals surface area contributed by atoms with E-state index in [4.69, 9.17) is 9.47 Å². The SMILES string of the molecule is COc1ccc(C(=O)NCC(=O)NCC(=O)OCC(=O)c2ccc(-c3ccccc3)cc2)cc1. The van der Waals surface area contributed by atoms with Crippen LogP contribution in [0.25, 0.3) is 11.1 Å². The minimum Gasteiger partial charge on any atom is -0.497 e. The number of ether oxygens (including phenoxy) is 2. The van der Waals surface area contributed by atoms with E-state index in [2.05, 4.69) is 10.6 Å². The van der Waals surface area contributed by atoms with Crippen LogP contribution in [0.1, 0.15) is 20.7 Å². The molecule has 0 aliphatic heterocycles. The molecule has 0 aliphatic carbocycles. The van der Waals surface area contributed by atoms with Crippen LogP contribution in [0.2, 0.25) is 0 Å². The minimum absolute atomic E-state index is 0.315. The Kier molecular flexibility index (Phi) is 8.51. The van der Waals surface area contributed by atoms with E-state index < -0.39 is 30.9 Å². The lowest BCUT2D eigenvalue weighted by Crippen LogP contribution is -2.39. The molecule has 0 aromatic heterocycles. The molecule has 0 fully saturated rings. The molecule has 2 N–H and O–H groups in total. The van der Waals surface area contributed by atoms with Gasteiger partial charge in [0.2, 0.25) is 5.91 Å². The second kappa shape index (κ2) is 12.0. The Hall–Kier alpha value is -4.46. The first-order valence-electron chi connectivity index (χ1n) is 10.5. The zero-order valence-corrected chi connectivity index (χ0v) is 18.6. The van der Waals surface area contributed by atoms with E-state index in [1.54, 1.807) is 36.4 Å². The molecule has 8 nitrogen and oxygen atoms in total. The second-order valence-electron chi connectivity index (χ2n) is 7.22. The molecular formula is C26H24N2O6. The summed E-state index contributed by atoms with van der Waals surface area (Å²) in [6.45, 7) is -1.17. The number of Topliss-reactive ketones (excluding diaryl/α,β-unsaturated/α-hetero) is 1. The fourth-order valence-electron chi connectivity index (χ4n) is 3.00. The largest absolute Gasteiger partial charge is 0.497 e. The zero-order chi connectivity index (χ0) is 24.3. The lowest BCUT2D eigenvalue weighted by Gasteiger charge is -2.08. The molecule has 3 rings (SSSR count). The van der Waals surface area contributed by atoms with Gasteiger partial charge in [0.15, 0.2) is 12.4 Å². The monoisotopic (exact) mass is 460 g/mol. The van der Waals surface area contributed by atoms with Gasteiger partial charge < -0.3 is 20.1 Å². The molecule has 174 valence electrons. The van der Waals surface area contributed by atoms with Crippen molar-refractivity contribution >= 4 is 23.6 Å². The van der Waals surface area contributed by atoms with Crippen LogP contribution < -0.4 is 15.4 Å². The molecule has 0 saturated heterocycles. The van der Waals surface area contributed by atoms with E-state index in [1.807, 2.05) is 42.5 Å². The van der Waals surface area contributed by atoms with Gasteiger partial charge in [0, 0.05) is 11.1 Å². The van der Waals surface area contributed by atoms with E-state index in [0.717, 1.165) is 11.1 Å². The van der Waals surface area contributed by atoms with Crippen molar-refractivity contribution in [3.8, 4) is 16.9 Å². The Balaban J connectivity index is 1.37. The van der Waals surface area contributed by atoms with E-state index >= 15 is 0 Å². The van der Waals surface area contributed by atoms with Gasteiger partial charge in [0.25, 0.3) is 5.91 Å². The number of esters is 1. The van der Waals surface area contributed by atoms with Gasteiger partial charge >= 0.3 is 5.97 Å². The number of ketones is 1. The number of benzene rings is 3. The molecule has 2 amide bonds. The van der Waals surface area contributed by atoms with Crippen LogP contribution in [0, 0.1) is 0 Å². The molecule has 3 aromatic carbocycles. The highest BCUT2D eigenvalue weighted by Gasteiger charge is 2.13. The van der Waals surface area contributed by atoms with Crippen LogP contribution in [-0.2, 0) is 14.3 Å². The predicted octanol–water partition coefficient (Wildman–Crippen LogP) is 2.63. The van der Waals surface area contributed by atoms with Gasteiger partial charge in [-0.3, -0.25) is 19.2 Å². The second-order valence-corrected chi connectivity index (χ2v) is 7.22. The van der Waals surface area contributed by atoms with Crippen LogP contribution in [0.3, 0.4) is 0 Å². The number of rotatable bonds is 10. The maximum absolute atomic E-state index is 12.3. The quantitative estimate of drug-likeness (QED) is 0.356. The fraction of sp³-hybridized carbons (Fsp3) is 0.154. The highest BCUT2D eigenvalue weighted by atomic mass is 16.5. The van der Waals surface area contributed by atoms with Gasteiger partial charge in [0.05, 0.1) is 13.7 Å². The van der Waals surface area contributed by atoms with Gasteiger partial charge in [-0.05, 0) is 35.4 Å². The van der Waals surface area contributed by atoms with Crippen LogP contribution in [-0.4, -0.2) is 50.4 Å². The first-order chi connectivity index (χ1) is 16.5. The van der Waals surface area contributed by atoms with Gasteiger partial charge in [0.1, 0.15) is 12.3 Å². The van der Waals surface area contributed by atoms with Gasteiger partial charge in [-0.2, -0.15) is 0 Å². The molecule has 0 saturated carbocycles. The van der Waals surface area contributed by atoms with Crippen LogP contribution >= 0.6 is 0 Å². The fourth-order valence-corrected chi connectivity index (χ4v) is 3.00. The summed E-state index contributed by atoms with van der Waals surface area (Å²) in [5, 5.41) is 4.79. The standard InChI is InChI=1S/C26H24N2O6/c1-33-22-13-11-21(12-14-22)26(32)28-15-24(30)27-16-25(31)34-17-23(29)20-9-7-19(8-10-20)18-5-3-2-4-6-18/h2-14H,15-17H2,1H3,(H,27,30)(H,28,32). The van der Waals surface area contributed by atoms with Gasteiger partial charge in [-0.15, -0.1) is 0 Å². The highest BCUT2D eigenvalue weighted by molar-refractivity contribution is 5.99. The Morgan fingerprint density at radius 3 is 1.97 bits per heavy atom. The summed E-state index contributed by atoms with van der Waals surface area (Å²) >= 11 is 0. The van der Waals surface area contributed by atoms with Crippen molar-refractivity contribution in [1.29, 1.82) is 0 Å². The topological polar surface area (TPSA) is 111 Å². The molecule has 34 heavy (non-hydrogen) atoms. The summed E-state index contributed by atoms with van der Waals surface area (Å²) in [7, 11) is 1.52. The number of carbonyl (C=O) groups is 4. The normalized spacial score (nSPS) is 10.1. The lowest BCUT2D eigenvalue weighted by atomic mass is 10.0. The molecule has 8 heteroatoms. The minimum atomic E-state index is -0.760. The molecular weight excluding hydrogens is 436 g/mol. The van der Waals surface area contributed by atoms with E-state index in [0.29, 0.717) is 16.9 Å². The van der Waals surface area contributed by atoms with Crippen LogP contribution in [0.15, 0.2) is 78.9 Å². The molecule has 0 atom stereocenters. The summed E-state index contributed by atoms with van der Waals surface area (Å²) in [5.41, 5.74) is 2.78. The molecule has 3 aromatic rings. The molecule has 0 radical (unpaired) electrons. The van der Waals surface area contributed by atoms with Crippen molar-refractivity contribution in [2.75, 3.05) is 26.8 Å². The van der Waals surface area contributed by atoms with Crippen molar-refractivity contribution in [1.82, 2.24) is 10.6 Å². The first-order valence-corrected chi connectivity index (χ1v) is 10.5. The smallest absolute Gasteiger partial charge is 0.325 e. The Morgan fingerprint density at radius 1 is 0.706 bits per heavy atom. The van der Waals surface area contributed by atoms with Gasteiger partial charge in [-0.1, -0.05) is 54.6 Å². The third-order valence-corrected chi connectivity index (χ3v) is 4.87. The lowest BCUT2D eigenvalue weighted by molar-refractivity contribution is -0.142. The predicted molar refractivity (Wildman–Crippen MR) is 126 cm³/mol. The molecule has 0 unspecified atom stereocenters. The Bertz CT molecular complexity index is 1140. The van der Waals surface area contributed by atoms with E-state index in [1.165, 1.54) is 7.11 Å². The molecule has 0 spiro atoms. The first kappa shape index (κ1) is 24.2. The molecule has 0 bridgehead atoms. The zero-order valence-electron chi connectivity index (χ0n) is 18.6. The van der Waals surface area contributed by atoms with Crippen molar-refractivity contribution < 1.29 is 28.7 Å². The Morgan fingerprint density at radius 2 is 1.32 bits per heavy atom. The van der Waals surface area contributed by atoms with Crippen molar-refractivity contribution in [3.63, 3.8) is 0 Å². The third-order valence-electron chi connectivity index (χ3n) is 4.87. The van der Waals surface area contributed by atoms with E-state index in [9.17, 15) is 19.2 Å². The Labute approximate surface area is 196 Å².